The molecule has 0 spiro atoms. The highest BCUT2D eigenvalue weighted by molar-refractivity contribution is 9.10. The molecule has 1 aliphatic rings. The summed E-state index contributed by atoms with van der Waals surface area (Å²) < 4.78 is 0.929. The van der Waals surface area contributed by atoms with Gasteiger partial charge in [-0.15, -0.1) is 0 Å². The summed E-state index contributed by atoms with van der Waals surface area (Å²) in [5.74, 6) is -0.205. The second-order valence-electron chi connectivity index (χ2n) is 4.74. The first-order valence-electron chi connectivity index (χ1n) is 6.06. The Kier molecular flexibility index (Phi) is 4.39. The number of aliphatic hydroxyl groups excluding tert-OH is 2. The molecule has 2 rings (SSSR count). The molecule has 1 aromatic carbocycles. The van der Waals surface area contributed by atoms with Crippen molar-refractivity contribution in [2.45, 2.75) is 19.1 Å². The Morgan fingerprint density at radius 1 is 1.37 bits per heavy atom. The van der Waals surface area contributed by atoms with Crippen LogP contribution in [0.15, 0.2) is 28.7 Å². The molecule has 19 heavy (non-hydrogen) atoms. The standard InChI is InChI=1S/C14H16BrNO3/c1-9-2-3-10(11(15)6-9)4-5-14(19)16-7-12(17)13(18)8-16/h2-6,12-13,17-18H,7-8H2,1H3/t12-,13+. The summed E-state index contributed by atoms with van der Waals surface area (Å²) in [5, 5.41) is 18.8. The molecule has 0 saturated carbocycles. The second-order valence-corrected chi connectivity index (χ2v) is 5.59. The first-order chi connectivity index (χ1) is 8.97. The number of rotatable bonds is 2. The summed E-state index contributed by atoms with van der Waals surface area (Å²) in [6.07, 6.45) is 1.50. The maximum atomic E-state index is 11.9. The number of aryl methyl sites for hydroxylation is 1. The van der Waals surface area contributed by atoms with E-state index >= 15 is 0 Å². The molecule has 1 aliphatic heterocycles. The van der Waals surface area contributed by atoms with Crippen molar-refractivity contribution in [2.75, 3.05) is 13.1 Å². The van der Waals surface area contributed by atoms with Gasteiger partial charge >= 0.3 is 0 Å². The van der Waals surface area contributed by atoms with E-state index in [4.69, 9.17) is 0 Å². The van der Waals surface area contributed by atoms with Crippen LogP contribution in [0.1, 0.15) is 11.1 Å². The molecular weight excluding hydrogens is 310 g/mol. The van der Waals surface area contributed by atoms with Gasteiger partial charge in [0, 0.05) is 23.6 Å². The molecule has 2 atom stereocenters. The smallest absolute Gasteiger partial charge is 0.246 e. The molecular formula is C14H16BrNO3. The lowest BCUT2D eigenvalue weighted by Gasteiger charge is -2.12. The summed E-state index contributed by atoms with van der Waals surface area (Å²) in [5.41, 5.74) is 2.06. The highest BCUT2D eigenvalue weighted by Crippen LogP contribution is 2.20. The lowest BCUT2D eigenvalue weighted by atomic mass is 10.1. The van der Waals surface area contributed by atoms with Crippen LogP contribution in [0.5, 0.6) is 0 Å². The van der Waals surface area contributed by atoms with Crippen LogP contribution in [0.4, 0.5) is 0 Å². The molecule has 0 radical (unpaired) electrons. The molecule has 2 N–H and O–H groups in total. The van der Waals surface area contributed by atoms with Gasteiger partial charge in [0.2, 0.25) is 5.91 Å². The molecule has 102 valence electrons. The van der Waals surface area contributed by atoms with Crippen LogP contribution in [0.2, 0.25) is 0 Å². The van der Waals surface area contributed by atoms with Gasteiger partial charge in [0.1, 0.15) is 0 Å². The van der Waals surface area contributed by atoms with Crippen LogP contribution in [0, 0.1) is 6.92 Å². The highest BCUT2D eigenvalue weighted by Gasteiger charge is 2.31. The van der Waals surface area contributed by atoms with Gasteiger partial charge in [-0.3, -0.25) is 4.79 Å². The number of hydrogen-bond donors (Lipinski definition) is 2. The van der Waals surface area contributed by atoms with Crippen molar-refractivity contribution in [3.63, 3.8) is 0 Å². The summed E-state index contributed by atoms with van der Waals surface area (Å²) in [6.45, 7) is 2.36. The molecule has 0 aliphatic carbocycles. The van der Waals surface area contributed by atoms with E-state index in [1.54, 1.807) is 6.08 Å². The fourth-order valence-corrected chi connectivity index (χ4v) is 2.61. The van der Waals surface area contributed by atoms with Crippen molar-refractivity contribution in [1.29, 1.82) is 0 Å². The molecule has 0 aromatic heterocycles. The van der Waals surface area contributed by atoms with Crippen LogP contribution in [-0.4, -0.2) is 46.3 Å². The Labute approximate surface area is 120 Å². The molecule has 4 nitrogen and oxygen atoms in total. The van der Waals surface area contributed by atoms with E-state index in [1.165, 1.54) is 11.0 Å². The Balaban J connectivity index is 2.04. The fourth-order valence-electron chi connectivity index (χ4n) is 1.98. The minimum Gasteiger partial charge on any atom is -0.388 e. The van der Waals surface area contributed by atoms with Crippen LogP contribution < -0.4 is 0 Å². The predicted octanol–water partition coefficient (Wildman–Crippen LogP) is 1.33. The monoisotopic (exact) mass is 325 g/mol. The molecule has 5 heteroatoms. The number of β-amino-alcohol motifs (C(OH)–C–C–N with tert-alkyl or cyclic N) is 2. The van der Waals surface area contributed by atoms with Crippen molar-refractivity contribution in [2.24, 2.45) is 0 Å². The fraction of sp³-hybridized carbons (Fsp3) is 0.357. The number of nitrogens with zero attached hydrogens (tertiary/aromatic N) is 1. The van der Waals surface area contributed by atoms with E-state index in [9.17, 15) is 15.0 Å². The lowest BCUT2D eigenvalue weighted by molar-refractivity contribution is -0.125. The van der Waals surface area contributed by atoms with E-state index in [0.29, 0.717) is 0 Å². The quantitative estimate of drug-likeness (QED) is 0.806. The average Bonchev–Trinajstić information content (AvgIpc) is 2.68. The Morgan fingerprint density at radius 2 is 2.00 bits per heavy atom. The molecule has 0 bridgehead atoms. The van der Waals surface area contributed by atoms with Crippen molar-refractivity contribution in [1.82, 2.24) is 4.90 Å². The van der Waals surface area contributed by atoms with E-state index in [1.807, 2.05) is 25.1 Å². The number of hydrogen-bond acceptors (Lipinski definition) is 3. The van der Waals surface area contributed by atoms with Gasteiger partial charge < -0.3 is 15.1 Å². The Bertz CT molecular complexity index is 505. The van der Waals surface area contributed by atoms with Gasteiger partial charge in [0.25, 0.3) is 0 Å². The largest absolute Gasteiger partial charge is 0.388 e. The Hall–Kier alpha value is -1.17. The van der Waals surface area contributed by atoms with Crippen molar-refractivity contribution in [3.05, 3.63) is 39.9 Å². The van der Waals surface area contributed by atoms with Gasteiger partial charge in [-0.25, -0.2) is 0 Å². The first kappa shape index (κ1) is 14.2. The van der Waals surface area contributed by atoms with Gasteiger partial charge in [0.05, 0.1) is 12.2 Å². The van der Waals surface area contributed by atoms with Crippen LogP contribution in [0.25, 0.3) is 6.08 Å². The third-order valence-electron chi connectivity index (χ3n) is 3.13. The predicted molar refractivity (Wildman–Crippen MR) is 76.5 cm³/mol. The zero-order chi connectivity index (χ0) is 14.0. The molecule has 1 aromatic rings. The topological polar surface area (TPSA) is 60.8 Å². The van der Waals surface area contributed by atoms with Crippen LogP contribution >= 0.6 is 15.9 Å². The normalized spacial score (nSPS) is 23.3. The van der Waals surface area contributed by atoms with Gasteiger partial charge in [-0.2, -0.15) is 0 Å². The third-order valence-corrected chi connectivity index (χ3v) is 3.82. The maximum Gasteiger partial charge on any atom is 0.246 e. The van der Waals surface area contributed by atoms with E-state index in [2.05, 4.69) is 15.9 Å². The number of carbonyl (C=O) groups excluding carboxylic acids is 1. The molecule has 1 fully saturated rings. The third kappa shape index (κ3) is 3.43. The zero-order valence-corrected chi connectivity index (χ0v) is 12.2. The number of aliphatic hydroxyl groups is 2. The van der Waals surface area contributed by atoms with Gasteiger partial charge in [0.15, 0.2) is 0 Å². The van der Waals surface area contributed by atoms with Crippen LogP contribution in [-0.2, 0) is 4.79 Å². The minimum atomic E-state index is -0.844. The van der Waals surface area contributed by atoms with Crippen LogP contribution in [0.3, 0.4) is 0 Å². The SMILES string of the molecule is Cc1ccc(C=CC(=O)N2C[C@@H](O)[C@@H](O)C2)c(Br)c1. The molecule has 0 unspecified atom stereocenters. The van der Waals surface area contributed by atoms with Gasteiger partial charge in [-0.1, -0.05) is 28.1 Å². The summed E-state index contributed by atoms with van der Waals surface area (Å²) >= 11 is 3.44. The highest BCUT2D eigenvalue weighted by atomic mass is 79.9. The molecule has 1 saturated heterocycles. The second kappa shape index (κ2) is 5.86. The first-order valence-corrected chi connectivity index (χ1v) is 6.86. The number of carbonyl (C=O) groups is 1. The van der Waals surface area contributed by atoms with Crippen molar-refractivity contribution in [3.8, 4) is 0 Å². The minimum absolute atomic E-state index is 0.180. The van der Waals surface area contributed by atoms with Crippen molar-refractivity contribution < 1.29 is 15.0 Å². The van der Waals surface area contributed by atoms with E-state index in [0.717, 1.165) is 15.6 Å². The van der Waals surface area contributed by atoms with E-state index in [-0.39, 0.29) is 19.0 Å². The summed E-state index contributed by atoms with van der Waals surface area (Å²) in [7, 11) is 0. The van der Waals surface area contributed by atoms with Gasteiger partial charge in [-0.05, 0) is 30.2 Å². The molecule has 1 amide bonds. The number of halogens is 1. The number of likely N-dealkylation sites (tertiary alicyclic amines) is 1. The van der Waals surface area contributed by atoms with Crippen molar-refractivity contribution >= 4 is 27.9 Å². The maximum absolute atomic E-state index is 11.9. The number of amides is 1. The summed E-state index contributed by atoms with van der Waals surface area (Å²) in [6, 6.07) is 5.88. The lowest BCUT2D eigenvalue weighted by Crippen LogP contribution is -2.27. The zero-order valence-electron chi connectivity index (χ0n) is 10.6. The molecule has 1 heterocycles. The average molecular weight is 326 g/mol. The summed E-state index contributed by atoms with van der Waals surface area (Å²) in [4.78, 5) is 13.3. The number of benzene rings is 1. The Morgan fingerprint density at radius 3 is 2.58 bits per heavy atom. The van der Waals surface area contributed by atoms with E-state index < -0.39 is 12.2 Å².